The molecule has 0 fully saturated rings. The van der Waals surface area contributed by atoms with E-state index < -0.39 is 5.91 Å². The van der Waals surface area contributed by atoms with E-state index in [1.807, 2.05) is 0 Å². The van der Waals surface area contributed by atoms with Crippen LogP contribution < -0.4 is 10.1 Å². The Morgan fingerprint density at radius 3 is 2.64 bits per heavy atom. The minimum absolute atomic E-state index is 0.0746. The summed E-state index contributed by atoms with van der Waals surface area (Å²) < 4.78 is 19.9. The molecule has 0 atom stereocenters. The summed E-state index contributed by atoms with van der Waals surface area (Å²) in [7, 11) is 0. The normalized spacial score (nSPS) is 10.5. The molecule has 0 bridgehead atoms. The highest BCUT2D eigenvalue weighted by Gasteiger charge is 2.10. The summed E-state index contributed by atoms with van der Waals surface area (Å²) in [5.41, 5.74) is 0.681. The summed E-state index contributed by atoms with van der Waals surface area (Å²) in [4.78, 5) is 12.1. The predicted molar refractivity (Wildman–Crippen MR) is 93.7 cm³/mol. The summed E-state index contributed by atoms with van der Waals surface area (Å²) in [5, 5.41) is 7.65. The van der Waals surface area contributed by atoms with Crippen LogP contribution in [0, 0.1) is 5.82 Å². The molecule has 1 aromatic heterocycles. The number of nitrogens with zero attached hydrogens (tertiary/aromatic N) is 2. The van der Waals surface area contributed by atoms with Crippen LogP contribution in [0.5, 0.6) is 5.75 Å². The van der Waals surface area contributed by atoms with Crippen molar-refractivity contribution in [2.75, 3.05) is 5.32 Å². The predicted octanol–water partition coefficient (Wildman–Crippen LogP) is 4.62. The highest BCUT2D eigenvalue weighted by Crippen LogP contribution is 2.27. The van der Waals surface area contributed by atoms with Crippen LogP contribution in [0.15, 0.2) is 54.7 Å². The van der Waals surface area contributed by atoms with Crippen molar-refractivity contribution >= 4 is 34.8 Å². The molecular formula is C17H12Cl2FN3O2. The molecule has 2 aromatic carbocycles. The molecule has 5 nitrogen and oxygen atoms in total. The molecule has 0 unspecified atom stereocenters. The summed E-state index contributed by atoms with van der Waals surface area (Å²) >= 11 is 11.8. The Labute approximate surface area is 152 Å². The molecule has 1 amide bonds. The van der Waals surface area contributed by atoms with Gasteiger partial charge >= 0.3 is 0 Å². The molecule has 0 aliphatic heterocycles. The maximum atomic E-state index is 12.9. The highest BCUT2D eigenvalue weighted by molar-refractivity contribution is 6.35. The number of anilines is 1. The SMILES string of the molecule is O=C(Nc1ccc(F)cc1)c1ccn(COc2ccc(Cl)cc2Cl)n1. The lowest BCUT2D eigenvalue weighted by Gasteiger charge is -2.08. The van der Waals surface area contributed by atoms with Crippen molar-refractivity contribution < 1.29 is 13.9 Å². The monoisotopic (exact) mass is 379 g/mol. The topological polar surface area (TPSA) is 56.2 Å². The second-order valence-corrected chi connectivity index (χ2v) is 5.89. The Bertz CT molecular complexity index is 897. The summed E-state index contributed by atoms with van der Waals surface area (Å²) in [6.07, 6.45) is 1.60. The van der Waals surface area contributed by atoms with Gasteiger partial charge in [-0.25, -0.2) is 9.07 Å². The zero-order chi connectivity index (χ0) is 17.8. The fourth-order valence-electron chi connectivity index (χ4n) is 2.01. The van der Waals surface area contributed by atoms with Gasteiger partial charge in [-0.15, -0.1) is 0 Å². The molecule has 1 heterocycles. The number of halogens is 3. The van der Waals surface area contributed by atoms with Gasteiger partial charge in [0.1, 0.15) is 11.6 Å². The first-order valence-electron chi connectivity index (χ1n) is 7.19. The van der Waals surface area contributed by atoms with Crippen molar-refractivity contribution in [3.63, 3.8) is 0 Å². The van der Waals surface area contributed by atoms with Crippen LogP contribution in [0.4, 0.5) is 10.1 Å². The number of rotatable bonds is 5. The van der Waals surface area contributed by atoms with Crippen LogP contribution in [0.1, 0.15) is 10.5 Å². The summed E-state index contributed by atoms with van der Waals surface area (Å²) in [5.74, 6) is -0.325. The number of amides is 1. The Morgan fingerprint density at radius 2 is 1.92 bits per heavy atom. The van der Waals surface area contributed by atoms with Crippen molar-refractivity contribution in [1.82, 2.24) is 9.78 Å². The second-order valence-electron chi connectivity index (χ2n) is 5.05. The van der Waals surface area contributed by atoms with E-state index in [0.717, 1.165) is 0 Å². The average molecular weight is 380 g/mol. The Morgan fingerprint density at radius 1 is 1.16 bits per heavy atom. The van der Waals surface area contributed by atoms with Crippen LogP contribution in [0.2, 0.25) is 10.0 Å². The molecule has 0 aliphatic rings. The number of nitrogens with one attached hydrogen (secondary N) is 1. The van der Waals surface area contributed by atoms with E-state index in [9.17, 15) is 9.18 Å². The third-order valence-corrected chi connectivity index (χ3v) is 3.75. The number of ether oxygens (including phenoxy) is 1. The van der Waals surface area contributed by atoms with Gasteiger partial charge in [-0.1, -0.05) is 23.2 Å². The Hall–Kier alpha value is -2.57. The lowest BCUT2D eigenvalue weighted by Crippen LogP contribution is -2.14. The molecule has 3 aromatic rings. The summed E-state index contributed by atoms with van der Waals surface area (Å²) in [6.45, 7) is 0.0746. The molecule has 0 saturated carbocycles. The van der Waals surface area contributed by atoms with Gasteiger partial charge in [0.05, 0.1) is 5.02 Å². The van der Waals surface area contributed by atoms with Crippen molar-refractivity contribution in [3.05, 3.63) is 76.3 Å². The molecule has 0 radical (unpaired) electrons. The molecule has 128 valence electrons. The van der Waals surface area contributed by atoms with Crippen LogP contribution in [0.3, 0.4) is 0 Å². The first-order chi connectivity index (χ1) is 12.0. The molecule has 3 rings (SSSR count). The van der Waals surface area contributed by atoms with Gasteiger partial charge in [-0.3, -0.25) is 4.79 Å². The smallest absolute Gasteiger partial charge is 0.276 e. The minimum atomic E-state index is -0.408. The minimum Gasteiger partial charge on any atom is -0.470 e. The first kappa shape index (κ1) is 17.3. The van der Waals surface area contributed by atoms with E-state index >= 15 is 0 Å². The highest BCUT2D eigenvalue weighted by atomic mass is 35.5. The van der Waals surface area contributed by atoms with E-state index in [0.29, 0.717) is 21.5 Å². The quantitative estimate of drug-likeness (QED) is 0.703. The van der Waals surface area contributed by atoms with E-state index in [1.54, 1.807) is 30.5 Å². The van der Waals surface area contributed by atoms with Crippen molar-refractivity contribution in [1.29, 1.82) is 0 Å². The van der Waals surface area contributed by atoms with E-state index in [1.165, 1.54) is 28.9 Å². The van der Waals surface area contributed by atoms with Gasteiger partial charge in [0.2, 0.25) is 0 Å². The van der Waals surface area contributed by atoms with Crippen LogP contribution in [0.25, 0.3) is 0 Å². The zero-order valence-corrected chi connectivity index (χ0v) is 14.3. The van der Waals surface area contributed by atoms with Crippen molar-refractivity contribution in [2.45, 2.75) is 6.73 Å². The van der Waals surface area contributed by atoms with E-state index in [4.69, 9.17) is 27.9 Å². The molecule has 8 heteroatoms. The fraction of sp³-hybridized carbons (Fsp3) is 0.0588. The van der Waals surface area contributed by atoms with Crippen molar-refractivity contribution in [2.24, 2.45) is 0 Å². The number of hydrogen-bond acceptors (Lipinski definition) is 3. The number of aromatic nitrogens is 2. The van der Waals surface area contributed by atoms with Gasteiger partial charge in [0.15, 0.2) is 12.4 Å². The van der Waals surface area contributed by atoms with Gasteiger partial charge < -0.3 is 10.1 Å². The summed E-state index contributed by atoms with van der Waals surface area (Å²) in [6, 6.07) is 11.9. The van der Waals surface area contributed by atoms with Gasteiger partial charge in [0.25, 0.3) is 5.91 Å². The molecule has 0 aliphatic carbocycles. The van der Waals surface area contributed by atoms with Gasteiger partial charge in [-0.2, -0.15) is 5.10 Å². The standard InChI is InChI=1S/C17H12Cl2FN3O2/c18-11-1-6-16(14(19)9-11)25-10-23-8-7-15(22-23)17(24)21-13-4-2-12(20)3-5-13/h1-9H,10H2,(H,21,24). The lowest BCUT2D eigenvalue weighted by atomic mass is 10.3. The second kappa shape index (κ2) is 7.55. The molecular weight excluding hydrogens is 368 g/mol. The van der Waals surface area contributed by atoms with Gasteiger partial charge in [-0.05, 0) is 48.5 Å². The largest absolute Gasteiger partial charge is 0.470 e. The van der Waals surface area contributed by atoms with Crippen LogP contribution in [-0.4, -0.2) is 15.7 Å². The maximum Gasteiger partial charge on any atom is 0.276 e. The van der Waals surface area contributed by atoms with Crippen LogP contribution >= 0.6 is 23.2 Å². The molecule has 0 saturated heterocycles. The molecule has 1 N–H and O–H groups in total. The Kier molecular flexibility index (Phi) is 5.21. The maximum absolute atomic E-state index is 12.9. The lowest BCUT2D eigenvalue weighted by molar-refractivity contribution is 0.102. The third kappa shape index (κ3) is 4.49. The van der Waals surface area contributed by atoms with E-state index in [2.05, 4.69) is 10.4 Å². The van der Waals surface area contributed by atoms with Crippen molar-refractivity contribution in [3.8, 4) is 5.75 Å². The number of benzene rings is 2. The molecule has 0 spiro atoms. The zero-order valence-electron chi connectivity index (χ0n) is 12.7. The third-order valence-electron chi connectivity index (χ3n) is 3.22. The Balaban J connectivity index is 1.61. The number of carbonyl (C=O) groups is 1. The fourth-order valence-corrected chi connectivity index (χ4v) is 2.47. The van der Waals surface area contributed by atoms with Gasteiger partial charge in [0, 0.05) is 16.9 Å². The molecule has 25 heavy (non-hydrogen) atoms. The van der Waals surface area contributed by atoms with E-state index in [-0.39, 0.29) is 18.2 Å². The van der Waals surface area contributed by atoms with Crippen LogP contribution in [-0.2, 0) is 6.73 Å². The number of hydrogen-bond donors (Lipinski definition) is 1. The first-order valence-corrected chi connectivity index (χ1v) is 7.95. The average Bonchev–Trinajstić information content (AvgIpc) is 3.05. The number of carbonyl (C=O) groups excluding carboxylic acids is 1.